The number of nitrogens with zero attached hydrogens (tertiary/aromatic N) is 3. The maximum Gasteiger partial charge on any atom is 0.321 e. The molecule has 10 heteroatoms. The number of fused-ring (bicyclic) bond motifs is 1. The van der Waals surface area contributed by atoms with Crippen LogP contribution in [0.1, 0.15) is 17.5 Å². The van der Waals surface area contributed by atoms with Crippen molar-refractivity contribution in [3.05, 3.63) is 10.6 Å². The molecule has 2 amide bonds. The third-order valence-corrected chi connectivity index (χ3v) is 5.93. The Morgan fingerprint density at radius 3 is 2.81 bits per heavy atom. The molecule has 0 aliphatic carbocycles. The lowest BCUT2D eigenvalue weighted by molar-refractivity contribution is 0.252. The first-order chi connectivity index (χ1) is 9.84. The zero-order valence-electron chi connectivity index (χ0n) is 12.2. The predicted octanol–water partition coefficient (Wildman–Crippen LogP) is 0.449. The number of hydrogen-bond acceptors (Lipinski definition) is 5. The van der Waals surface area contributed by atoms with Crippen molar-refractivity contribution in [3.63, 3.8) is 0 Å². The lowest BCUT2D eigenvalue weighted by atomic mass is 10.2. The molecular weight excluding hydrogens is 314 g/mol. The first-order valence-corrected chi connectivity index (χ1v) is 8.77. The number of aromatic nitrogens is 1. The Bertz CT molecular complexity index is 626. The second-order valence-electron chi connectivity index (χ2n) is 4.75. The average molecular weight is 333 g/mol. The second kappa shape index (κ2) is 6.26. The van der Waals surface area contributed by atoms with Gasteiger partial charge in [-0.1, -0.05) is 11.3 Å². The summed E-state index contributed by atoms with van der Waals surface area (Å²) in [5, 5.41) is 5.78. The second-order valence-corrected chi connectivity index (χ2v) is 7.97. The number of carbonyl (C=O) groups excluding carboxylic acids is 1. The summed E-state index contributed by atoms with van der Waals surface area (Å²) in [5.74, 6) is 0. The SMILES string of the molecule is CCNC(=O)Nc1nc2c(s1)CN(S(=O)(=O)N(C)C)CC2. The van der Waals surface area contributed by atoms with Gasteiger partial charge in [0, 0.05) is 38.5 Å². The van der Waals surface area contributed by atoms with E-state index >= 15 is 0 Å². The van der Waals surface area contributed by atoms with Crippen LogP contribution >= 0.6 is 11.3 Å². The summed E-state index contributed by atoms with van der Waals surface area (Å²) in [6.07, 6.45) is 0.552. The van der Waals surface area contributed by atoms with Gasteiger partial charge in [0.15, 0.2) is 5.13 Å². The zero-order chi connectivity index (χ0) is 15.6. The van der Waals surface area contributed by atoms with Gasteiger partial charge >= 0.3 is 6.03 Å². The van der Waals surface area contributed by atoms with Crippen LogP contribution in [0, 0.1) is 0 Å². The molecule has 1 aliphatic rings. The van der Waals surface area contributed by atoms with Gasteiger partial charge in [-0.05, 0) is 6.92 Å². The summed E-state index contributed by atoms with van der Waals surface area (Å²) >= 11 is 1.31. The molecule has 0 saturated heterocycles. The molecule has 2 N–H and O–H groups in total. The minimum absolute atomic E-state index is 0.296. The van der Waals surface area contributed by atoms with Crippen LogP contribution in [0.4, 0.5) is 9.93 Å². The van der Waals surface area contributed by atoms with Crippen molar-refractivity contribution >= 4 is 32.7 Å². The van der Waals surface area contributed by atoms with Crippen molar-refractivity contribution in [2.75, 3.05) is 32.5 Å². The van der Waals surface area contributed by atoms with Gasteiger partial charge in [-0.25, -0.2) is 9.78 Å². The van der Waals surface area contributed by atoms with Crippen LogP contribution in [0.5, 0.6) is 0 Å². The van der Waals surface area contributed by atoms with E-state index in [0.29, 0.717) is 31.2 Å². The van der Waals surface area contributed by atoms with Crippen molar-refractivity contribution < 1.29 is 13.2 Å². The highest BCUT2D eigenvalue weighted by atomic mass is 32.2. The lowest BCUT2D eigenvalue weighted by Crippen LogP contribution is -2.42. The Balaban J connectivity index is 2.12. The molecule has 2 heterocycles. The number of hydrogen-bond donors (Lipinski definition) is 2. The van der Waals surface area contributed by atoms with E-state index in [2.05, 4.69) is 15.6 Å². The van der Waals surface area contributed by atoms with Crippen molar-refractivity contribution in [1.82, 2.24) is 18.9 Å². The molecule has 118 valence electrons. The van der Waals surface area contributed by atoms with Crippen LogP contribution in [0.25, 0.3) is 0 Å². The lowest BCUT2D eigenvalue weighted by Gasteiger charge is -2.27. The minimum Gasteiger partial charge on any atom is -0.338 e. The first-order valence-electron chi connectivity index (χ1n) is 6.55. The molecule has 0 atom stereocenters. The predicted molar refractivity (Wildman–Crippen MR) is 81.5 cm³/mol. The number of urea groups is 1. The van der Waals surface area contributed by atoms with E-state index in [9.17, 15) is 13.2 Å². The quantitative estimate of drug-likeness (QED) is 0.836. The van der Waals surface area contributed by atoms with Gasteiger partial charge in [-0.2, -0.15) is 17.0 Å². The Labute approximate surface area is 128 Å². The third kappa shape index (κ3) is 3.51. The fraction of sp³-hybridized carbons (Fsp3) is 0.636. The number of nitrogens with one attached hydrogen (secondary N) is 2. The van der Waals surface area contributed by atoms with E-state index < -0.39 is 10.2 Å². The van der Waals surface area contributed by atoms with Crippen molar-refractivity contribution in [3.8, 4) is 0 Å². The van der Waals surface area contributed by atoms with Crippen LogP contribution in [-0.2, 0) is 23.2 Å². The Morgan fingerprint density at radius 1 is 1.48 bits per heavy atom. The summed E-state index contributed by atoms with van der Waals surface area (Å²) < 4.78 is 26.9. The summed E-state index contributed by atoms with van der Waals surface area (Å²) in [5.41, 5.74) is 0.858. The molecule has 0 saturated carbocycles. The van der Waals surface area contributed by atoms with Gasteiger partial charge in [0.1, 0.15) is 0 Å². The monoisotopic (exact) mass is 333 g/mol. The first kappa shape index (κ1) is 16.1. The smallest absolute Gasteiger partial charge is 0.321 e. The normalized spacial score (nSPS) is 15.8. The largest absolute Gasteiger partial charge is 0.338 e. The number of thiazole rings is 1. The Kier molecular flexibility index (Phi) is 4.81. The molecule has 1 aliphatic heterocycles. The fourth-order valence-electron chi connectivity index (χ4n) is 1.96. The van der Waals surface area contributed by atoms with E-state index in [1.807, 2.05) is 6.92 Å². The van der Waals surface area contributed by atoms with Crippen LogP contribution < -0.4 is 10.6 Å². The summed E-state index contributed by atoms with van der Waals surface area (Å²) in [4.78, 5) is 16.7. The fourth-order valence-corrected chi connectivity index (χ4v) is 4.13. The number of carbonyl (C=O) groups is 1. The molecule has 0 spiro atoms. The van der Waals surface area contributed by atoms with Gasteiger partial charge in [-0.3, -0.25) is 5.32 Å². The number of anilines is 1. The molecular formula is C11H19N5O3S2. The molecule has 0 bridgehead atoms. The molecule has 0 unspecified atom stereocenters. The summed E-state index contributed by atoms with van der Waals surface area (Å²) in [7, 11) is -0.392. The van der Waals surface area contributed by atoms with E-state index in [0.717, 1.165) is 10.6 Å². The van der Waals surface area contributed by atoms with Crippen LogP contribution in [-0.4, -0.2) is 55.2 Å². The molecule has 1 aromatic rings. The molecule has 2 rings (SSSR count). The average Bonchev–Trinajstić information content (AvgIpc) is 2.79. The molecule has 0 radical (unpaired) electrons. The molecule has 0 fully saturated rings. The highest BCUT2D eigenvalue weighted by molar-refractivity contribution is 7.86. The topological polar surface area (TPSA) is 94.6 Å². The number of rotatable bonds is 4. The van der Waals surface area contributed by atoms with Crippen LogP contribution in [0.2, 0.25) is 0 Å². The third-order valence-electron chi connectivity index (χ3n) is 3.04. The molecule has 8 nitrogen and oxygen atoms in total. The number of amides is 2. The summed E-state index contributed by atoms with van der Waals surface area (Å²) in [6, 6.07) is -0.304. The maximum atomic E-state index is 12.1. The van der Waals surface area contributed by atoms with E-state index in [1.165, 1.54) is 34.0 Å². The van der Waals surface area contributed by atoms with Gasteiger partial charge in [0.2, 0.25) is 0 Å². The van der Waals surface area contributed by atoms with Crippen molar-refractivity contribution in [2.24, 2.45) is 0 Å². The van der Waals surface area contributed by atoms with Crippen LogP contribution in [0.3, 0.4) is 0 Å². The highest BCUT2D eigenvalue weighted by Crippen LogP contribution is 2.29. The highest BCUT2D eigenvalue weighted by Gasteiger charge is 2.30. The molecule has 1 aromatic heterocycles. The maximum absolute atomic E-state index is 12.1. The summed E-state index contributed by atoms with van der Waals surface area (Å²) in [6.45, 7) is 3.06. The standard InChI is InChI=1S/C11H19N5O3S2/c1-4-12-10(17)14-11-13-8-5-6-16(7-9(8)20-11)21(18,19)15(2)3/h4-7H2,1-3H3,(H2,12,13,14,17). The van der Waals surface area contributed by atoms with Gasteiger partial charge < -0.3 is 5.32 Å². The Hall–Kier alpha value is -1.23. The van der Waals surface area contributed by atoms with E-state index in [1.54, 1.807) is 0 Å². The van der Waals surface area contributed by atoms with Gasteiger partial charge in [0.25, 0.3) is 10.2 Å². The molecule has 0 aromatic carbocycles. The van der Waals surface area contributed by atoms with E-state index in [-0.39, 0.29) is 6.03 Å². The minimum atomic E-state index is -3.42. The van der Waals surface area contributed by atoms with Gasteiger partial charge in [0.05, 0.1) is 12.2 Å². The van der Waals surface area contributed by atoms with Crippen molar-refractivity contribution in [2.45, 2.75) is 19.9 Å². The van der Waals surface area contributed by atoms with E-state index in [4.69, 9.17) is 0 Å². The van der Waals surface area contributed by atoms with Crippen molar-refractivity contribution in [1.29, 1.82) is 0 Å². The van der Waals surface area contributed by atoms with Gasteiger partial charge in [-0.15, -0.1) is 0 Å². The zero-order valence-corrected chi connectivity index (χ0v) is 13.8. The molecule has 21 heavy (non-hydrogen) atoms. The Morgan fingerprint density at radius 2 is 2.19 bits per heavy atom. The van der Waals surface area contributed by atoms with Crippen LogP contribution in [0.15, 0.2) is 0 Å².